The zero-order valence-electron chi connectivity index (χ0n) is 9.48. The molecular formula is C11H11N3O3. The number of rotatable bonds is 1. The highest BCUT2D eigenvalue weighted by Gasteiger charge is 2.19. The van der Waals surface area contributed by atoms with Crippen LogP contribution in [0.4, 0.5) is 17.1 Å². The van der Waals surface area contributed by atoms with Crippen molar-refractivity contribution in [2.24, 2.45) is 4.99 Å². The van der Waals surface area contributed by atoms with Crippen molar-refractivity contribution in [3.05, 3.63) is 27.8 Å². The molecule has 0 saturated carbocycles. The molecule has 0 fully saturated rings. The molecule has 0 atom stereocenters. The molecule has 1 aromatic carbocycles. The number of benzene rings is 1. The quantitative estimate of drug-likeness (QED) is 0.596. The first kappa shape index (κ1) is 11.3. The second-order valence-corrected chi connectivity index (χ2v) is 3.98. The van der Waals surface area contributed by atoms with Gasteiger partial charge in [-0.15, -0.1) is 0 Å². The SMILES string of the molecule is CC1=Nc2cc(C)c([N+](=O)[O-])cc2NC(=O)C1. The van der Waals surface area contributed by atoms with E-state index in [0.717, 1.165) is 0 Å². The first-order valence-corrected chi connectivity index (χ1v) is 5.10. The van der Waals surface area contributed by atoms with Crippen LogP contribution >= 0.6 is 0 Å². The molecule has 0 unspecified atom stereocenters. The number of nitro benzene ring substituents is 1. The van der Waals surface area contributed by atoms with Crippen molar-refractivity contribution in [3.63, 3.8) is 0 Å². The summed E-state index contributed by atoms with van der Waals surface area (Å²) in [5.41, 5.74) is 2.16. The van der Waals surface area contributed by atoms with Gasteiger partial charge in [-0.05, 0) is 19.9 Å². The van der Waals surface area contributed by atoms with Crippen molar-refractivity contribution >= 4 is 28.7 Å². The number of hydrogen-bond acceptors (Lipinski definition) is 4. The molecule has 6 nitrogen and oxygen atoms in total. The average molecular weight is 233 g/mol. The van der Waals surface area contributed by atoms with Gasteiger partial charge in [0.2, 0.25) is 5.91 Å². The predicted molar refractivity (Wildman–Crippen MR) is 63.8 cm³/mol. The highest BCUT2D eigenvalue weighted by atomic mass is 16.6. The smallest absolute Gasteiger partial charge is 0.274 e. The normalized spacial score (nSPS) is 14.5. The minimum atomic E-state index is -0.469. The van der Waals surface area contributed by atoms with Crippen molar-refractivity contribution in [3.8, 4) is 0 Å². The van der Waals surface area contributed by atoms with Crippen molar-refractivity contribution < 1.29 is 9.72 Å². The van der Waals surface area contributed by atoms with Crippen LogP contribution in [0.5, 0.6) is 0 Å². The lowest BCUT2D eigenvalue weighted by molar-refractivity contribution is -0.385. The van der Waals surface area contributed by atoms with Gasteiger partial charge in [-0.1, -0.05) is 0 Å². The molecule has 1 aromatic rings. The molecule has 1 heterocycles. The van der Waals surface area contributed by atoms with E-state index in [4.69, 9.17) is 0 Å². The summed E-state index contributed by atoms with van der Waals surface area (Å²) in [7, 11) is 0. The maximum absolute atomic E-state index is 11.5. The van der Waals surface area contributed by atoms with Crippen molar-refractivity contribution in [2.75, 3.05) is 5.32 Å². The average Bonchev–Trinajstić information content (AvgIpc) is 2.33. The molecule has 1 amide bonds. The number of anilines is 1. The van der Waals surface area contributed by atoms with Gasteiger partial charge in [-0.2, -0.15) is 0 Å². The number of carbonyl (C=O) groups is 1. The summed E-state index contributed by atoms with van der Waals surface area (Å²) >= 11 is 0. The molecule has 88 valence electrons. The van der Waals surface area contributed by atoms with Crippen molar-refractivity contribution in [2.45, 2.75) is 20.3 Å². The Morgan fingerprint density at radius 2 is 2.12 bits per heavy atom. The maximum atomic E-state index is 11.5. The number of fused-ring (bicyclic) bond motifs is 1. The fraction of sp³-hybridized carbons (Fsp3) is 0.273. The van der Waals surface area contributed by atoms with Crippen LogP contribution in [0.1, 0.15) is 18.9 Å². The summed E-state index contributed by atoms with van der Waals surface area (Å²) in [6, 6.07) is 2.97. The number of amides is 1. The molecule has 1 N–H and O–H groups in total. The minimum Gasteiger partial charge on any atom is -0.324 e. The number of aryl methyl sites for hydroxylation is 1. The van der Waals surface area contributed by atoms with E-state index >= 15 is 0 Å². The third kappa shape index (κ3) is 2.15. The van der Waals surface area contributed by atoms with Crippen LogP contribution in [0.3, 0.4) is 0 Å². The van der Waals surface area contributed by atoms with Crippen molar-refractivity contribution in [1.82, 2.24) is 0 Å². The third-order valence-corrected chi connectivity index (χ3v) is 2.51. The van der Waals surface area contributed by atoms with Crippen LogP contribution in [-0.2, 0) is 4.79 Å². The zero-order chi connectivity index (χ0) is 12.6. The van der Waals surface area contributed by atoms with Gasteiger partial charge in [0.1, 0.15) is 0 Å². The van der Waals surface area contributed by atoms with E-state index in [-0.39, 0.29) is 18.0 Å². The lowest BCUT2D eigenvalue weighted by Crippen LogP contribution is -2.12. The summed E-state index contributed by atoms with van der Waals surface area (Å²) in [6.45, 7) is 3.40. The van der Waals surface area contributed by atoms with Crippen LogP contribution in [0, 0.1) is 17.0 Å². The lowest BCUT2D eigenvalue weighted by atomic mass is 10.1. The fourth-order valence-electron chi connectivity index (χ4n) is 1.74. The van der Waals surface area contributed by atoms with E-state index in [9.17, 15) is 14.9 Å². The van der Waals surface area contributed by atoms with Gasteiger partial charge in [0, 0.05) is 17.3 Å². The van der Waals surface area contributed by atoms with Gasteiger partial charge in [0.15, 0.2) is 0 Å². The molecule has 6 heteroatoms. The number of aliphatic imine (C=N–C) groups is 1. The molecule has 0 spiro atoms. The Morgan fingerprint density at radius 1 is 1.41 bits per heavy atom. The topological polar surface area (TPSA) is 84.6 Å². The van der Waals surface area contributed by atoms with Crippen LogP contribution < -0.4 is 5.32 Å². The van der Waals surface area contributed by atoms with E-state index in [1.807, 2.05) is 0 Å². The summed E-state index contributed by atoms with van der Waals surface area (Å²) in [4.78, 5) is 26.0. The molecule has 0 saturated heterocycles. The third-order valence-electron chi connectivity index (χ3n) is 2.51. The molecule has 2 rings (SSSR count). The largest absolute Gasteiger partial charge is 0.324 e. The highest BCUT2D eigenvalue weighted by molar-refractivity contribution is 6.10. The predicted octanol–water partition coefficient (Wildman–Crippen LogP) is 2.34. The fourth-order valence-corrected chi connectivity index (χ4v) is 1.74. The van der Waals surface area contributed by atoms with Gasteiger partial charge in [0.05, 0.1) is 22.7 Å². The van der Waals surface area contributed by atoms with E-state index in [1.54, 1.807) is 19.9 Å². The molecule has 0 aromatic heterocycles. The summed E-state index contributed by atoms with van der Waals surface area (Å²) in [5.74, 6) is -0.205. The van der Waals surface area contributed by atoms with Crippen LogP contribution in [0.25, 0.3) is 0 Å². The van der Waals surface area contributed by atoms with Crippen molar-refractivity contribution in [1.29, 1.82) is 0 Å². The van der Waals surface area contributed by atoms with Gasteiger partial charge < -0.3 is 5.32 Å². The summed E-state index contributed by atoms with van der Waals surface area (Å²) < 4.78 is 0. The van der Waals surface area contributed by atoms with Crippen LogP contribution in [0.2, 0.25) is 0 Å². The summed E-state index contributed by atoms with van der Waals surface area (Å²) in [5, 5.41) is 13.4. The molecule has 1 aliphatic rings. The van der Waals surface area contributed by atoms with Crippen LogP contribution in [-0.4, -0.2) is 16.5 Å². The first-order valence-electron chi connectivity index (χ1n) is 5.10. The van der Waals surface area contributed by atoms with E-state index in [1.165, 1.54) is 6.07 Å². The number of carbonyl (C=O) groups excluding carboxylic acids is 1. The highest BCUT2D eigenvalue weighted by Crippen LogP contribution is 2.34. The summed E-state index contributed by atoms with van der Waals surface area (Å²) in [6.07, 6.45) is 0.210. The van der Waals surface area contributed by atoms with E-state index in [0.29, 0.717) is 22.6 Å². The molecule has 0 radical (unpaired) electrons. The van der Waals surface area contributed by atoms with Gasteiger partial charge >= 0.3 is 0 Å². The van der Waals surface area contributed by atoms with E-state index in [2.05, 4.69) is 10.3 Å². The number of nitrogens with one attached hydrogen (secondary N) is 1. The number of nitro groups is 1. The minimum absolute atomic E-state index is 0.0150. The Balaban J connectivity index is 2.60. The molecule has 0 aliphatic carbocycles. The Bertz CT molecular complexity index is 549. The molecule has 0 bridgehead atoms. The Kier molecular flexibility index (Phi) is 2.63. The zero-order valence-corrected chi connectivity index (χ0v) is 9.48. The maximum Gasteiger partial charge on any atom is 0.274 e. The Hall–Kier alpha value is -2.24. The first-order chi connectivity index (χ1) is 7.97. The second kappa shape index (κ2) is 3.97. The molecule has 17 heavy (non-hydrogen) atoms. The second-order valence-electron chi connectivity index (χ2n) is 3.98. The standard InChI is InChI=1S/C11H11N3O3/c1-6-3-8-9(5-10(6)14(16)17)13-11(15)4-7(2)12-8/h3,5H,4H2,1-2H3,(H,13,15). The molecule has 1 aliphatic heterocycles. The molecular weight excluding hydrogens is 222 g/mol. The monoisotopic (exact) mass is 233 g/mol. The van der Waals surface area contributed by atoms with E-state index < -0.39 is 4.92 Å². The number of nitrogens with zero attached hydrogens (tertiary/aromatic N) is 2. The van der Waals surface area contributed by atoms with Gasteiger partial charge in [0.25, 0.3) is 5.69 Å². The van der Waals surface area contributed by atoms with Crippen LogP contribution in [0.15, 0.2) is 17.1 Å². The van der Waals surface area contributed by atoms with Gasteiger partial charge in [-0.3, -0.25) is 19.9 Å². The number of hydrogen-bond donors (Lipinski definition) is 1. The van der Waals surface area contributed by atoms with Gasteiger partial charge in [-0.25, -0.2) is 0 Å². The lowest BCUT2D eigenvalue weighted by Gasteiger charge is -2.06. The Labute approximate surface area is 97.5 Å². The Morgan fingerprint density at radius 3 is 2.76 bits per heavy atom.